The van der Waals surface area contributed by atoms with Crippen molar-refractivity contribution >= 4 is 11.6 Å². The summed E-state index contributed by atoms with van der Waals surface area (Å²) >= 11 is 0. The first-order valence-electron chi connectivity index (χ1n) is 9.61. The Bertz CT molecular complexity index is 1250. The van der Waals surface area contributed by atoms with E-state index in [4.69, 9.17) is 4.74 Å². The predicted octanol–water partition coefficient (Wildman–Crippen LogP) is 4.77. The molecular weight excluding hydrogens is 397 g/mol. The van der Waals surface area contributed by atoms with Crippen molar-refractivity contribution in [3.05, 3.63) is 89.3 Å². The first-order valence-corrected chi connectivity index (χ1v) is 9.61. The maximum Gasteiger partial charge on any atom is 0.255 e. The first kappa shape index (κ1) is 20.2. The lowest BCUT2D eigenvalue weighted by molar-refractivity contribution is 0.102. The number of aryl methyl sites for hydroxylation is 3. The Labute approximate surface area is 178 Å². The molecule has 31 heavy (non-hydrogen) atoms. The van der Waals surface area contributed by atoms with Crippen molar-refractivity contribution in [3.63, 3.8) is 0 Å². The zero-order chi connectivity index (χ0) is 22.0. The maximum atomic E-state index is 13.3. The lowest BCUT2D eigenvalue weighted by Gasteiger charge is -2.10. The highest BCUT2D eigenvalue weighted by Gasteiger charge is 2.11. The third kappa shape index (κ3) is 4.75. The Morgan fingerprint density at radius 1 is 1.00 bits per heavy atom. The number of nitrogens with zero attached hydrogens (tertiary/aromatic N) is 4. The third-order valence-electron chi connectivity index (χ3n) is 4.45. The van der Waals surface area contributed by atoms with E-state index in [2.05, 4.69) is 20.4 Å². The van der Waals surface area contributed by atoms with Crippen molar-refractivity contribution in [1.82, 2.24) is 19.7 Å². The fourth-order valence-electron chi connectivity index (χ4n) is 3.11. The molecule has 1 N–H and O–H groups in total. The highest BCUT2D eigenvalue weighted by Crippen LogP contribution is 2.24. The molecule has 0 aliphatic heterocycles. The van der Waals surface area contributed by atoms with Gasteiger partial charge in [-0.05, 0) is 69.3 Å². The molecule has 4 aromatic rings. The quantitative estimate of drug-likeness (QED) is 0.506. The van der Waals surface area contributed by atoms with Crippen molar-refractivity contribution in [2.24, 2.45) is 0 Å². The molecular formula is C23H20FN5O2. The Balaban J connectivity index is 1.49. The van der Waals surface area contributed by atoms with Gasteiger partial charge in [0.15, 0.2) is 5.82 Å². The van der Waals surface area contributed by atoms with Gasteiger partial charge in [0.1, 0.15) is 17.4 Å². The van der Waals surface area contributed by atoms with E-state index in [9.17, 15) is 9.18 Å². The van der Waals surface area contributed by atoms with Gasteiger partial charge in [-0.15, -0.1) is 0 Å². The summed E-state index contributed by atoms with van der Waals surface area (Å²) in [5.74, 6) is 1.24. The highest BCUT2D eigenvalue weighted by atomic mass is 19.1. The van der Waals surface area contributed by atoms with Crippen LogP contribution in [0.5, 0.6) is 11.6 Å². The number of benzene rings is 2. The van der Waals surface area contributed by atoms with Crippen LogP contribution >= 0.6 is 0 Å². The van der Waals surface area contributed by atoms with Gasteiger partial charge in [0.25, 0.3) is 5.91 Å². The number of nitrogens with one attached hydrogen (secondary N) is 1. The summed E-state index contributed by atoms with van der Waals surface area (Å²) in [6.45, 7) is 5.66. The van der Waals surface area contributed by atoms with Crippen LogP contribution in [0.25, 0.3) is 5.82 Å². The Morgan fingerprint density at radius 2 is 1.77 bits per heavy atom. The first-order chi connectivity index (χ1) is 14.9. The molecule has 0 spiro atoms. The number of aromatic nitrogens is 4. The van der Waals surface area contributed by atoms with E-state index in [-0.39, 0.29) is 5.56 Å². The molecule has 1 amide bonds. The lowest BCUT2D eigenvalue weighted by atomic mass is 10.2. The van der Waals surface area contributed by atoms with E-state index < -0.39 is 11.7 Å². The molecule has 0 aliphatic carbocycles. The molecule has 0 fully saturated rings. The number of rotatable bonds is 5. The van der Waals surface area contributed by atoms with E-state index in [1.165, 1.54) is 18.2 Å². The van der Waals surface area contributed by atoms with Crippen LogP contribution in [0.15, 0.2) is 60.7 Å². The van der Waals surface area contributed by atoms with E-state index in [0.717, 1.165) is 11.4 Å². The second-order valence-electron chi connectivity index (χ2n) is 7.04. The molecule has 0 saturated heterocycles. The molecule has 2 heterocycles. The van der Waals surface area contributed by atoms with Gasteiger partial charge in [0, 0.05) is 23.0 Å². The van der Waals surface area contributed by atoms with Crippen LogP contribution in [-0.4, -0.2) is 25.7 Å². The number of anilines is 1. The molecule has 0 bridgehead atoms. The summed E-state index contributed by atoms with van der Waals surface area (Å²) in [7, 11) is 0. The third-order valence-corrected chi connectivity index (χ3v) is 4.45. The molecule has 156 valence electrons. The maximum absolute atomic E-state index is 13.3. The molecule has 7 nitrogen and oxygen atoms in total. The molecule has 0 unspecified atom stereocenters. The normalized spacial score (nSPS) is 10.7. The zero-order valence-electron chi connectivity index (χ0n) is 17.3. The van der Waals surface area contributed by atoms with E-state index >= 15 is 0 Å². The molecule has 4 rings (SSSR count). The average molecular weight is 417 g/mol. The van der Waals surface area contributed by atoms with Gasteiger partial charge in [-0.25, -0.2) is 14.1 Å². The zero-order valence-corrected chi connectivity index (χ0v) is 17.3. The minimum absolute atomic E-state index is 0.244. The van der Waals surface area contributed by atoms with Gasteiger partial charge in [0.2, 0.25) is 5.88 Å². The summed E-state index contributed by atoms with van der Waals surface area (Å²) in [6, 6.07) is 16.0. The van der Waals surface area contributed by atoms with Crippen LogP contribution in [0.2, 0.25) is 0 Å². The fraction of sp³-hybridized carbons (Fsp3) is 0.130. The number of carbonyl (C=O) groups excluding carboxylic acids is 1. The monoisotopic (exact) mass is 417 g/mol. The second kappa shape index (κ2) is 8.35. The molecule has 0 radical (unpaired) electrons. The van der Waals surface area contributed by atoms with Crippen LogP contribution in [0.1, 0.15) is 27.6 Å². The van der Waals surface area contributed by atoms with Crippen molar-refractivity contribution in [2.45, 2.75) is 20.8 Å². The Kier molecular flexibility index (Phi) is 5.44. The van der Waals surface area contributed by atoms with Crippen molar-refractivity contribution in [1.29, 1.82) is 0 Å². The van der Waals surface area contributed by atoms with Crippen molar-refractivity contribution in [3.8, 4) is 17.4 Å². The van der Waals surface area contributed by atoms with Gasteiger partial charge < -0.3 is 10.1 Å². The molecule has 2 aromatic carbocycles. The predicted molar refractivity (Wildman–Crippen MR) is 114 cm³/mol. The molecule has 0 saturated carbocycles. The van der Waals surface area contributed by atoms with Crippen LogP contribution < -0.4 is 10.1 Å². The van der Waals surface area contributed by atoms with Gasteiger partial charge in [-0.2, -0.15) is 10.1 Å². The van der Waals surface area contributed by atoms with Crippen molar-refractivity contribution < 1.29 is 13.9 Å². The van der Waals surface area contributed by atoms with E-state index in [1.807, 2.05) is 19.9 Å². The summed E-state index contributed by atoms with van der Waals surface area (Å²) in [6.07, 6.45) is 0. The Hall–Kier alpha value is -4.07. The van der Waals surface area contributed by atoms with Gasteiger partial charge in [-0.3, -0.25) is 4.79 Å². The van der Waals surface area contributed by atoms with Crippen LogP contribution in [0.3, 0.4) is 0 Å². The van der Waals surface area contributed by atoms with Gasteiger partial charge >= 0.3 is 0 Å². The van der Waals surface area contributed by atoms with Crippen LogP contribution in [0.4, 0.5) is 10.1 Å². The number of hydrogen-bond donors (Lipinski definition) is 1. The highest BCUT2D eigenvalue weighted by molar-refractivity contribution is 6.04. The molecule has 2 aromatic heterocycles. The minimum atomic E-state index is -0.462. The largest absolute Gasteiger partial charge is 0.439 e. The number of hydrogen-bond acceptors (Lipinski definition) is 5. The van der Waals surface area contributed by atoms with Crippen LogP contribution in [-0.2, 0) is 0 Å². The summed E-state index contributed by atoms with van der Waals surface area (Å²) in [5, 5.41) is 7.17. The topological polar surface area (TPSA) is 81.9 Å². The van der Waals surface area contributed by atoms with E-state index in [0.29, 0.717) is 29.0 Å². The minimum Gasteiger partial charge on any atom is -0.439 e. The number of ether oxygens (including phenoxy) is 1. The number of halogens is 1. The average Bonchev–Trinajstić information content (AvgIpc) is 3.07. The van der Waals surface area contributed by atoms with Crippen LogP contribution in [0, 0.1) is 26.6 Å². The van der Waals surface area contributed by atoms with Crippen molar-refractivity contribution in [2.75, 3.05) is 5.32 Å². The summed E-state index contributed by atoms with van der Waals surface area (Å²) in [5.41, 5.74) is 2.66. The lowest BCUT2D eigenvalue weighted by Crippen LogP contribution is -2.11. The van der Waals surface area contributed by atoms with Gasteiger partial charge in [-0.1, -0.05) is 6.07 Å². The second-order valence-corrected chi connectivity index (χ2v) is 7.04. The number of amides is 1. The SMILES string of the molecule is Cc1cc(C)n(-c2cc(Oc3ccc(NC(=O)c4cccc(F)c4)cc3)nc(C)n2)n1. The summed E-state index contributed by atoms with van der Waals surface area (Å²) < 4.78 is 20.9. The smallest absolute Gasteiger partial charge is 0.255 e. The summed E-state index contributed by atoms with van der Waals surface area (Å²) in [4.78, 5) is 21.0. The standard InChI is InChI=1S/C23H20FN5O2/c1-14-11-15(2)29(28-14)21-13-22(26-16(3)25-21)31-20-9-7-19(8-10-20)27-23(30)17-5-4-6-18(24)12-17/h4-13H,1-3H3,(H,27,30). The Morgan fingerprint density at radius 3 is 2.45 bits per heavy atom. The number of carbonyl (C=O) groups is 1. The van der Waals surface area contributed by atoms with E-state index in [1.54, 1.807) is 48.0 Å². The molecule has 8 heteroatoms. The molecule has 0 aliphatic rings. The molecule has 0 atom stereocenters. The van der Waals surface area contributed by atoms with Gasteiger partial charge in [0.05, 0.1) is 5.69 Å². The fourth-order valence-corrected chi connectivity index (χ4v) is 3.11.